The molecule has 1 nitrogen and oxygen atoms in total. The average Bonchev–Trinajstić information content (AvgIpc) is 2.19. The molecule has 1 fully saturated rings. The zero-order valence-electron chi connectivity index (χ0n) is 10.6. The summed E-state index contributed by atoms with van der Waals surface area (Å²) in [6, 6.07) is 4.97. The highest BCUT2D eigenvalue weighted by molar-refractivity contribution is 7.99. The molecular weight excluding hydrogens is 235 g/mol. The first-order valence-corrected chi connectivity index (χ1v) is 7.05. The molecule has 17 heavy (non-hydrogen) atoms. The first-order valence-electron chi connectivity index (χ1n) is 5.89. The van der Waals surface area contributed by atoms with E-state index in [0.717, 1.165) is 11.3 Å². The second-order valence-corrected chi connectivity index (χ2v) is 6.83. The Balaban J connectivity index is 2.40. The van der Waals surface area contributed by atoms with Gasteiger partial charge in [0.05, 0.1) is 0 Å². The van der Waals surface area contributed by atoms with Crippen LogP contribution in [0.4, 0.5) is 4.39 Å². The lowest BCUT2D eigenvalue weighted by Crippen LogP contribution is -2.40. The molecule has 1 aliphatic heterocycles. The van der Waals surface area contributed by atoms with Crippen molar-refractivity contribution in [2.75, 3.05) is 11.5 Å². The molecular formula is C14H19FOS. The zero-order valence-corrected chi connectivity index (χ0v) is 11.4. The van der Waals surface area contributed by atoms with Gasteiger partial charge in [-0.1, -0.05) is 31.5 Å². The van der Waals surface area contributed by atoms with Crippen LogP contribution in [0, 0.1) is 18.2 Å². The zero-order chi connectivity index (χ0) is 12.7. The Labute approximate surface area is 106 Å². The second kappa shape index (κ2) is 4.29. The molecule has 1 unspecified atom stereocenters. The summed E-state index contributed by atoms with van der Waals surface area (Å²) in [6.45, 7) is 6.17. The van der Waals surface area contributed by atoms with Gasteiger partial charge in [0.2, 0.25) is 0 Å². The maximum Gasteiger partial charge on any atom is 0.129 e. The molecule has 0 spiro atoms. The number of halogens is 1. The Bertz CT molecular complexity index is 430. The smallest absolute Gasteiger partial charge is 0.129 e. The van der Waals surface area contributed by atoms with Crippen LogP contribution in [0.2, 0.25) is 0 Å². The monoisotopic (exact) mass is 254 g/mol. The van der Waals surface area contributed by atoms with Gasteiger partial charge in [0.15, 0.2) is 0 Å². The molecule has 3 heteroatoms. The lowest BCUT2D eigenvalue weighted by Gasteiger charge is -2.41. The van der Waals surface area contributed by atoms with Crippen molar-refractivity contribution in [2.45, 2.75) is 32.8 Å². The summed E-state index contributed by atoms with van der Waals surface area (Å²) in [5.74, 6) is 1.30. The van der Waals surface area contributed by atoms with E-state index in [0.29, 0.717) is 17.7 Å². The van der Waals surface area contributed by atoms with Crippen molar-refractivity contribution in [3.05, 3.63) is 35.1 Å². The van der Waals surface area contributed by atoms with E-state index in [1.807, 2.05) is 6.92 Å². The van der Waals surface area contributed by atoms with Gasteiger partial charge in [-0.05, 0) is 30.6 Å². The number of hydrogen-bond donors (Lipinski definition) is 1. The predicted molar refractivity (Wildman–Crippen MR) is 70.8 cm³/mol. The van der Waals surface area contributed by atoms with Crippen LogP contribution in [0.1, 0.15) is 31.4 Å². The molecule has 94 valence electrons. The van der Waals surface area contributed by atoms with Crippen LogP contribution in [0.25, 0.3) is 0 Å². The number of thioether (sulfide) groups is 1. The van der Waals surface area contributed by atoms with Crippen molar-refractivity contribution in [2.24, 2.45) is 5.41 Å². The number of benzene rings is 1. The highest BCUT2D eigenvalue weighted by Crippen LogP contribution is 2.45. The molecule has 0 bridgehead atoms. The molecule has 1 atom stereocenters. The van der Waals surface area contributed by atoms with E-state index in [2.05, 4.69) is 13.8 Å². The van der Waals surface area contributed by atoms with Gasteiger partial charge in [-0.15, -0.1) is 0 Å². The van der Waals surface area contributed by atoms with Crippen molar-refractivity contribution in [3.8, 4) is 0 Å². The molecule has 0 aromatic heterocycles. The summed E-state index contributed by atoms with van der Waals surface area (Å²) < 4.78 is 13.9. The van der Waals surface area contributed by atoms with Gasteiger partial charge in [0.1, 0.15) is 11.4 Å². The van der Waals surface area contributed by atoms with Crippen LogP contribution in [-0.4, -0.2) is 16.6 Å². The fourth-order valence-electron chi connectivity index (χ4n) is 2.56. The summed E-state index contributed by atoms with van der Waals surface area (Å²) in [5.41, 5.74) is 0.470. The lowest BCUT2D eigenvalue weighted by atomic mass is 9.78. The largest absolute Gasteiger partial charge is 0.384 e. The minimum absolute atomic E-state index is 0.0495. The molecule has 1 saturated heterocycles. The van der Waals surface area contributed by atoms with Crippen molar-refractivity contribution >= 4 is 11.8 Å². The summed E-state index contributed by atoms with van der Waals surface area (Å²) in [7, 11) is 0. The highest BCUT2D eigenvalue weighted by Gasteiger charge is 2.41. The van der Waals surface area contributed by atoms with Gasteiger partial charge >= 0.3 is 0 Å². The van der Waals surface area contributed by atoms with Gasteiger partial charge in [-0.2, -0.15) is 11.8 Å². The van der Waals surface area contributed by atoms with Crippen LogP contribution < -0.4 is 0 Å². The molecule has 0 radical (unpaired) electrons. The quantitative estimate of drug-likeness (QED) is 0.828. The van der Waals surface area contributed by atoms with Crippen LogP contribution in [0.5, 0.6) is 0 Å². The minimum atomic E-state index is -1.03. The Hall–Kier alpha value is -0.540. The Morgan fingerprint density at radius 3 is 2.65 bits per heavy atom. The maximum atomic E-state index is 13.9. The van der Waals surface area contributed by atoms with E-state index in [1.54, 1.807) is 23.9 Å². The van der Waals surface area contributed by atoms with Gasteiger partial charge in [-0.3, -0.25) is 0 Å². The summed E-state index contributed by atoms with van der Waals surface area (Å²) in [4.78, 5) is 0. The van der Waals surface area contributed by atoms with Gasteiger partial charge in [0.25, 0.3) is 0 Å². The summed E-state index contributed by atoms with van der Waals surface area (Å²) in [6.07, 6.45) is 0.618. The first-order chi connectivity index (χ1) is 7.82. The molecule has 1 aromatic carbocycles. The van der Waals surface area contributed by atoms with Crippen molar-refractivity contribution in [3.63, 3.8) is 0 Å². The number of rotatable bonds is 1. The fraction of sp³-hybridized carbons (Fsp3) is 0.571. The van der Waals surface area contributed by atoms with E-state index in [4.69, 9.17) is 0 Å². The van der Waals surface area contributed by atoms with Gasteiger partial charge in [-0.25, -0.2) is 4.39 Å². The summed E-state index contributed by atoms with van der Waals surface area (Å²) in [5, 5.41) is 10.7. The van der Waals surface area contributed by atoms with E-state index in [9.17, 15) is 9.50 Å². The minimum Gasteiger partial charge on any atom is -0.384 e. The lowest BCUT2D eigenvalue weighted by molar-refractivity contribution is 0.0125. The number of hydrogen-bond acceptors (Lipinski definition) is 2. The molecule has 2 rings (SSSR count). The van der Waals surface area contributed by atoms with Crippen molar-refractivity contribution < 1.29 is 9.50 Å². The predicted octanol–water partition coefficient (Wildman–Crippen LogP) is 3.48. The summed E-state index contributed by atoms with van der Waals surface area (Å²) >= 11 is 1.70. The standard InChI is InChI=1S/C14H19FOS/c1-10-4-5-12(15)11(6-10)14(16)7-13(2,3)8-17-9-14/h4-6,16H,7-9H2,1-3H3. The van der Waals surface area contributed by atoms with Gasteiger partial charge in [0, 0.05) is 11.3 Å². The Kier molecular flexibility index (Phi) is 3.25. The first kappa shape index (κ1) is 12.9. The van der Waals surface area contributed by atoms with E-state index in [1.165, 1.54) is 6.07 Å². The van der Waals surface area contributed by atoms with Gasteiger partial charge < -0.3 is 5.11 Å². The molecule has 0 saturated carbocycles. The van der Waals surface area contributed by atoms with Crippen LogP contribution in [-0.2, 0) is 5.60 Å². The molecule has 1 aromatic rings. The topological polar surface area (TPSA) is 20.2 Å². The SMILES string of the molecule is Cc1ccc(F)c(C2(O)CSCC(C)(C)C2)c1. The van der Waals surface area contributed by atoms with Crippen LogP contribution in [0.15, 0.2) is 18.2 Å². The number of aryl methyl sites for hydroxylation is 1. The third kappa shape index (κ3) is 2.66. The Morgan fingerprint density at radius 1 is 1.29 bits per heavy atom. The molecule has 1 N–H and O–H groups in total. The van der Waals surface area contributed by atoms with Crippen molar-refractivity contribution in [1.29, 1.82) is 0 Å². The van der Waals surface area contributed by atoms with Crippen molar-refractivity contribution in [1.82, 2.24) is 0 Å². The highest BCUT2D eigenvalue weighted by atomic mass is 32.2. The van der Waals surface area contributed by atoms with E-state index in [-0.39, 0.29) is 11.2 Å². The Morgan fingerprint density at radius 2 is 2.00 bits per heavy atom. The number of aliphatic hydroxyl groups is 1. The second-order valence-electron chi connectivity index (χ2n) is 5.85. The maximum absolute atomic E-state index is 13.9. The molecule has 1 heterocycles. The third-order valence-corrected chi connectivity index (χ3v) is 4.90. The fourth-order valence-corrected chi connectivity index (χ4v) is 3.91. The van der Waals surface area contributed by atoms with E-state index >= 15 is 0 Å². The molecule has 0 aliphatic carbocycles. The normalized spacial score (nSPS) is 28.1. The molecule has 0 amide bonds. The van der Waals surface area contributed by atoms with E-state index < -0.39 is 5.60 Å². The molecule has 1 aliphatic rings. The van der Waals surface area contributed by atoms with Crippen LogP contribution in [0.3, 0.4) is 0 Å². The average molecular weight is 254 g/mol. The van der Waals surface area contributed by atoms with Crippen LogP contribution >= 0.6 is 11.8 Å². The third-order valence-electron chi connectivity index (χ3n) is 3.23.